The van der Waals surface area contributed by atoms with E-state index in [0.717, 1.165) is 25.7 Å². The fourth-order valence-corrected chi connectivity index (χ4v) is 5.00. The molecule has 2 atom stereocenters. The SMILES string of the molecule is CC(=O)c1ccc(SCC(=O)NC2C3CCCC2CC(N)C3)cc1F. The number of benzene rings is 1. The van der Waals surface area contributed by atoms with Gasteiger partial charge in [0.05, 0.1) is 11.3 Å². The number of amides is 1. The first-order valence-corrected chi connectivity index (χ1v) is 9.91. The van der Waals surface area contributed by atoms with E-state index in [1.807, 2.05) is 0 Å². The van der Waals surface area contributed by atoms with Crippen LogP contribution in [0.1, 0.15) is 49.4 Å². The van der Waals surface area contributed by atoms with Crippen LogP contribution in [0.5, 0.6) is 0 Å². The van der Waals surface area contributed by atoms with Crippen molar-refractivity contribution in [2.45, 2.75) is 56.0 Å². The van der Waals surface area contributed by atoms with Crippen LogP contribution in [0.15, 0.2) is 23.1 Å². The van der Waals surface area contributed by atoms with Crippen LogP contribution in [0, 0.1) is 17.7 Å². The molecule has 3 rings (SSSR count). The predicted octanol–water partition coefficient (Wildman–Crippen LogP) is 3.14. The molecule has 4 nitrogen and oxygen atoms in total. The summed E-state index contributed by atoms with van der Waals surface area (Å²) in [4.78, 5) is 24.3. The summed E-state index contributed by atoms with van der Waals surface area (Å²) in [6.07, 6.45) is 5.49. The van der Waals surface area contributed by atoms with Crippen LogP contribution in [0.4, 0.5) is 4.39 Å². The minimum absolute atomic E-state index is 0.0153. The number of nitrogens with one attached hydrogen (secondary N) is 1. The van der Waals surface area contributed by atoms with Gasteiger partial charge in [0.25, 0.3) is 0 Å². The monoisotopic (exact) mass is 364 g/mol. The van der Waals surface area contributed by atoms with E-state index in [9.17, 15) is 14.0 Å². The lowest BCUT2D eigenvalue weighted by molar-refractivity contribution is -0.120. The molecule has 1 amide bonds. The Labute approximate surface area is 152 Å². The van der Waals surface area contributed by atoms with E-state index in [4.69, 9.17) is 5.73 Å². The minimum atomic E-state index is -0.534. The minimum Gasteiger partial charge on any atom is -0.352 e. The number of fused-ring (bicyclic) bond motifs is 2. The Balaban J connectivity index is 1.55. The number of carbonyl (C=O) groups excluding carboxylic acids is 2. The van der Waals surface area contributed by atoms with Gasteiger partial charge in [0, 0.05) is 17.0 Å². The van der Waals surface area contributed by atoms with E-state index in [1.54, 1.807) is 6.07 Å². The summed E-state index contributed by atoms with van der Waals surface area (Å²) in [5, 5.41) is 3.19. The number of nitrogens with two attached hydrogens (primary N) is 1. The molecular formula is C19H25FN2O2S. The van der Waals surface area contributed by atoms with Crippen molar-refractivity contribution < 1.29 is 14.0 Å². The number of Topliss-reactive ketones (excluding diaryl/α,β-unsaturated/α-hetero) is 1. The second-order valence-corrected chi connectivity index (χ2v) is 8.31. The Kier molecular flexibility index (Phi) is 5.79. The van der Waals surface area contributed by atoms with Crippen LogP contribution in [-0.2, 0) is 4.79 Å². The van der Waals surface area contributed by atoms with Crippen molar-refractivity contribution in [1.29, 1.82) is 0 Å². The Hall–Kier alpha value is -1.40. The lowest BCUT2D eigenvalue weighted by Gasteiger charge is -2.45. The molecule has 0 spiro atoms. The van der Waals surface area contributed by atoms with Crippen LogP contribution in [0.3, 0.4) is 0 Å². The Bertz CT molecular complexity index is 653. The van der Waals surface area contributed by atoms with Gasteiger partial charge in [-0.25, -0.2) is 4.39 Å². The molecule has 136 valence electrons. The smallest absolute Gasteiger partial charge is 0.230 e. The van der Waals surface area contributed by atoms with Gasteiger partial charge in [0.15, 0.2) is 5.78 Å². The first-order chi connectivity index (χ1) is 11.9. The quantitative estimate of drug-likeness (QED) is 0.622. The van der Waals surface area contributed by atoms with E-state index in [-0.39, 0.29) is 35.1 Å². The van der Waals surface area contributed by atoms with E-state index >= 15 is 0 Å². The zero-order chi connectivity index (χ0) is 18.0. The van der Waals surface area contributed by atoms with E-state index in [2.05, 4.69) is 5.32 Å². The average molecular weight is 364 g/mol. The molecule has 1 aromatic carbocycles. The molecule has 2 saturated carbocycles. The lowest BCUT2D eigenvalue weighted by Crippen LogP contribution is -2.54. The molecule has 2 bridgehead atoms. The summed E-state index contributed by atoms with van der Waals surface area (Å²) in [5.74, 6) is 0.384. The third-order valence-corrected chi connectivity index (χ3v) is 6.39. The summed E-state index contributed by atoms with van der Waals surface area (Å²) in [5.41, 5.74) is 6.21. The molecule has 2 aliphatic rings. The van der Waals surface area contributed by atoms with E-state index in [0.29, 0.717) is 16.7 Å². The highest BCUT2D eigenvalue weighted by Gasteiger charge is 2.39. The fraction of sp³-hybridized carbons (Fsp3) is 0.579. The highest BCUT2D eigenvalue weighted by atomic mass is 32.2. The third kappa shape index (κ3) is 4.42. The van der Waals surface area contributed by atoms with Gasteiger partial charge in [-0.3, -0.25) is 9.59 Å². The van der Waals surface area contributed by atoms with Crippen LogP contribution >= 0.6 is 11.8 Å². The molecule has 2 fully saturated rings. The largest absolute Gasteiger partial charge is 0.352 e. The molecule has 1 aromatic rings. The summed E-state index contributed by atoms with van der Waals surface area (Å²) < 4.78 is 13.8. The second-order valence-electron chi connectivity index (χ2n) is 7.26. The van der Waals surface area contributed by atoms with E-state index < -0.39 is 5.82 Å². The average Bonchev–Trinajstić information content (AvgIpc) is 2.53. The topological polar surface area (TPSA) is 72.2 Å². The van der Waals surface area contributed by atoms with Crippen LogP contribution < -0.4 is 11.1 Å². The third-order valence-electron chi connectivity index (χ3n) is 5.39. The molecule has 0 saturated heterocycles. The first-order valence-electron chi connectivity index (χ1n) is 8.92. The summed E-state index contributed by atoms with van der Waals surface area (Å²) in [6, 6.07) is 4.99. The molecule has 2 aliphatic carbocycles. The van der Waals surface area contributed by atoms with Crippen molar-refractivity contribution >= 4 is 23.5 Å². The highest BCUT2D eigenvalue weighted by molar-refractivity contribution is 8.00. The molecule has 0 aromatic heterocycles. The molecule has 25 heavy (non-hydrogen) atoms. The van der Waals surface area contributed by atoms with Gasteiger partial charge in [-0.1, -0.05) is 6.42 Å². The molecule has 6 heteroatoms. The van der Waals surface area contributed by atoms with Crippen molar-refractivity contribution in [3.8, 4) is 0 Å². The first kappa shape index (κ1) is 18.4. The van der Waals surface area contributed by atoms with Crippen molar-refractivity contribution in [3.05, 3.63) is 29.6 Å². The number of rotatable bonds is 5. The van der Waals surface area contributed by atoms with Crippen LogP contribution in [0.2, 0.25) is 0 Å². The Morgan fingerprint density at radius 3 is 2.56 bits per heavy atom. The van der Waals surface area contributed by atoms with Gasteiger partial charge >= 0.3 is 0 Å². The maximum absolute atomic E-state index is 13.8. The molecule has 0 heterocycles. The molecule has 0 aliphatic heterocycles. The lowest BCUT2D eigenvalue weighted by atomic mass is 9.67. The zero-order valence-corrected chi connectivity index (χ0v) is 15.3. The second kappa shape index (κ2) is 7.87. The van der Waals surface area contributed by atoms with Gasteiger partial charge in [0.1, 0.15) is 5.82 Å². The van der Waals surface area contributed by atoms with Crippen molar-refractivity contribution in [3.63, 3.8) is 0 Å². The van der Waals surface area contributed by atoms with Crippen LogP contribution in [0.25, 0.3) is 0 Å². The van der Waals surface area contributed by atoms with Gasteiger partial charge in [0.2, 0.25) is 5.91 Å². The zero-order valence-electron chi connectivity index (χ0n) is 14.5. The normalized spacial score (nSPS) is 28.4. The molecule has 2 unspecified atom stereocenters. The fourth-order valence-electron chi connectivity index (χ4n) is 4.27. The van der Waals surface area contributed by atoms with Gasteiger partial charge in [-0.15, -0.1) is 11.8 Å². The number of hydrogen-bond acceptors (Lipinski definition) is 4. The number of thioether (sulfide) groups is 1. The maximum Gasteiger partial charge on any atom is 0.230 e. The number of halogens is 1. The van der Waals surface area contributed by atoms with Gasteiger partial charge < -0.3 is 11.1 Å². The number of hydrogen-bond donors (Lipinski definition) is 2. The summed E-state index contributed by atoms with van der Waals surface area (Å²) in [6.45, 7) is 1.34. The molecule has 0 radical (unpaired) electrons. The maximum atomic E-state index is 13.8. The van der Waals surface area contributed by atoms with Crippen molar-refractivity contribution in [1.82, 2.24) is 5.32 Å². The Morgan fingerprint density at radius 2 is 1.96 bits per heavy atom. The number of ketones is 1. The Morgan fingerprint density at radius 1 is 1.28 bits per heavy atom. The summed E-state index contributed by atoms with van der Waals surface area (Å²) in [7, 11) is 0. The highest BCUT2D eigenvalue weighted by Crippen LogP contribution is 2.39. The van der Waals surface area contributed by atoms with Gasteiger partial charge in [-0.05, 0) is 62.6 Å². The molecule has 3 N–H and O–H groups in total. The number of carbonyl (C=O) groups is 2. The standard InChI is InChI=1S/C19H25FN2O2S/c1-11(23)16-6-5-15(9-17(16)20)25-10-18(24)22-19-12-3-2-4-13(19)8-14(21)7-12/h5-6,9,12-14,19H,2-4,7-8,10,21H2,1H3,(H,22,24). The van der Waals surface area contributed by atoms with Crippen LogP contribution in [-0.4, -0.2) is 29.5 Å². The van der Waals surface area contributed by atoms with Crippen molar-refractivity contribution in [2.75, 3.05) is 5.75 Å². The summed E-state index contributed by atoms with van der Waals surface area (Å²) >= 11 is 1.29. The molecular weight excluding hydrogens is 339 g/mol. The predicted molar refractivity (Wildman–Crippen MR) is 97.1 cm³/mol. The van der Waals surface area contributed by atoms with E-state index in [1.165, 1.54) is 37.2 Å². The van der Waals surface area contributed by atoms with Crippen molar-refractivity contribution in [2.24, 2.45) is 17.6 Å². The van der Waals surface area contributed by atoms with Gasteiger partial charge in [-0.2, -0.15) is 0 Å².